The van der Waals surface area contributed by atoms with Gasteiger partial charge in [0.1, 0.15) is 0 Å². The zero-order chi connectivity index (χ0) is 17.3. The zero-order valence-electron chi connectivity index (χ0n) is 13.0. The average molecular weight is 409 g/mol. The van der Waals surface area contributed by atoms with Crippen LogP contribution in [0.25, 0.3) is 0 Å². The predicted molar refractivity (Wildman–Crippen MR) is 96.6 cm³/mol. The number of amides is 1. The van der Waals surface area contributed by atoms with Gasteiger partial charge in [-0.15, -0.1) is 0 Å². The standard InChI is InChI=1S/C17H17BrN2O3S/c1-11-2-9-16(15(18)10-11)19-17(21)12-3-7-14(8-4-12)24(22,23)20-13-5-6-13/h2-4,7-10,13,20H,5-6H2,1H3,(H,19,21). The lowest BCUT2D eigenvalue weighted by Crippen LogP contribution is -2.25. The van der Waals surface area contributed by atoms with Crippen LogP contribution in [0.2, 0.25) is 0 Å². The number of nitrogens with one attached hydrogen (secondary N) is 2. The Hall–Kier alpha value is -1.70. The van der Waals surface area contributed by atoms with Crippen LogP contribution >= 0.6 is 15.9 Å². The summed E-state index contributed by atoms with van der Waals surface area (Å²) in [5, 5.41) is 2.80. The van der Waals surface area contributed by atoms with Gasteiger partial charge in [0.25, 0.3) is 5.91 Å². The van der Waals surface area contributed by atoms with Gasteiger partial charge in [0, 0.05) is 16.1 Å². The molecule has 0 atom stereocenters. The minimum absolute atomic E-state index is 0.0527. The third-order valence-electron chi connectivity index (χ3n) is 3.70. The molecule has 0 aliphatic heterocycles. The van der Waals surface area contributed by atoms with Crippen molar-refractivity contribution in [3.63, 3.8) is 0 Å². The first kappa shape index (κ1) is 17.1. The van der Waals surface area contributed by atoms with Crippen molar-refractivity contribution in [3.8, 4) is 0 Å². The second kappa shape index (κ2) is 6.66. The number of rotatable bonds is 5. The number of benzene rings is 2. The van der Waals surface area contributed by atoms with E-state index in [4.69, 9.17) is 0 Å². The van der Waals surface area contributed by atoms with E-state index in [1.165, 1.54) is 24.3 Å². The van der Waals surface area contributed by atoms with Crippen LogP contribution in [0.1, 0.15) is 28.8 Å². The number of anilines is 1. The Bertz CT molecular complexity index is 875. The van der Waals surface area contributed by atoms with E-state index >= 15 is 0 Å². The quantitative estimate of drug-likeness (QED) is 0.795. The number of halogens is 1. The molecule has 0 radical (unpaired) electrons. The predicted octanol–water partition coefficient (Wildman–Crippen LogP) is 3.45. The highest BCUT2D eigenvalue weighted by molar-refractivity contribution is 9.10. The van der Waals surface area contributed by atoms with Crippen LogP contribution in [-0.4, -0.2) is 20.4 Å². The van der Waals surface area contributed by atoms with E-state index in [1.54, 1.807) is 0 Å². The van der Waals surface area contributed by atoms with Crippen LogP contribution in [0.4, 0.5) is 5.69 Å². The summed E-state index contributed by atoms with van der Waals surface area (Å²) < 4.78 is 27.6. The molecule has 0 spiro atoms. The summed E-state index contributed by atoms with van der Waals surface area (Å²) in [4.78, 5) is 12.5. The summed E-state index contributed by atoms with van der Waals surface area (Å²) in [6.45, 7) is 1.96. The van der Waals surface area contributed by atoms with Crippen LogP contribution in [0.5, 0.6) is 0 Å². The van der Waals surface area contributed by atoms with Gasteiger partial charge >= 0.3 is 0 Å². The molecule has 5 nitrogen and oxygen atoms in total. The molecule has 1 fully saturated rings. The molecule has 2 N–H and O–H groups in total. The third kappa shape index (κ3) is 4.03. The highest BCUT2D eigenvalue weighted by Crippen LogP contribution is 2.25. The molecular formula is C17H17BrN2O3S. The number of hydrogen-bond donors (Lipinski definition) is 2. The van der Waals surface area contributed by atoms with E-state index in [0.717, 1.165) is 22.9 Å². The molecule has 7 heteroatoms. The molecular weight excluding hydrogens is 392 g/mol. The lowest BCUT2D eigenvalue weighted by atomic mass is 10.2. The van der Waals surface area contributed by atoms with Crippen LogP contribution in [0, 0.1) is 6.92 Å². The third-order valence-corrected chi connectivity index (χ3v) is 5.89. The Morgan fingerprint density at radius 1 is 1.12 bits per heavy atom. The van der Waals surface area contributed by atoms with Gasteiger partial charge in [-0.1, -0.05) is 6.07 Å². The van der Waals surface area contributed by atoms with Gasteiger partial charge in [-0.05, 0) is 77.7 Å². The first-order chi connectivity index (χ1) is 11.3. The van der Waals surface area contributed by atoms with E-state index < -0.39 is 10.0 Å². The molecule has 24 heavy (non-hydrogen) atoms. The van der Waals surface area contributed by atoms with Gasteiger partial charge in [-0.2, -0.15) is 0 Å². The summed E-state index contributed by atoms with van der Waals surface area (Å²) in [7, 11) is -3.50. The maximum absolute atomic E-state index is 12.3. The monoisotopic (exact) mass is 408 g/mol. The number of carbonyl (C=O) groups excluding carboxylic acids is 1. The fraction of sp³-hybridized carbons (Fsp3) is 0.235. The largest absolute Gasteiger partial charge is 0.321 e. The molecule has 1 aliphatic carbocycles. The van der Waals surface area contributed by atoms with Crippen LogP contribution in [0.15, 0.2) is 51.8 Å². The van der Waals surface area contributed by atoms with E-state index in [0.29, 0.717) is 11.3 Å². The van der Waals surface area contributed by atoms with Gasteiger partial charge in [-0.3, -0.25) is 4.79 Å². The lowest BCUT2D eigenvalue weighted by molar-refractivity contribution is 0.102. The summed E-state index contributed by atoms with van der Waals surface area (Å²) in [6.07, 6.45) is 1.76. The summed E-state index contributed by atoms with van der Waals surface area (Å²) >= 11 is 3.41. The van der Waals surface area contributed by atoms with Crippen molar-refractivity contribution in [1.82, 2.24) is 4.72 Å². The highest BCUT2D eigenvalue weighted by atomic mass is 79.9. The van der Waals surface area contributed by atoms with Crippen molar-refractivity contribution in [3.05, 3.63) is 58.1 Å². The molecule has 2 aromatic carbocycles. The minimum atomic E-state index is -3.50. The Labute approximate surface area is 149 Å². The molecule has 0 unspecified atom stereocenters. The first-order valence-electron chi connectivity index (χ1n) is 7.55. The van der Waals surface area contributed by atoms with E-state index in [-0.39, 0.29) is 16.8 Å². The van der Waals surface area contributed by atoms with Crippen molar-refractivity contribution in [2.45, 2.75) is 30.7 Å². The van der Waals surface area contributed by atoms with Crippen molar-refractivity contribution in [2.75, 3.05) is 5.32 Å². The molecule has 3 rings (SSSR count). The van der Waals surface area contributed by atoms with Crippen molar-refractivity contribution >= 4 is 37.5 Å². The number of sulfonamides is 1. The molecule has 0 saturated heterocycles. The van der Waals surface area contributed by atoms with Gasteiger partial charge in [0.05, 0.1) is 10.6 Å². The van der Waals surface area contributed by atoms with Crippen LogP contribution < -0.4 is 10.0 Å². The van der Waals surface area contributed by atoms with E-state index in [2.05, 4.69) is 26.0 Å². The fourth-order valence-corrected chi connectivity index (χ4v) is 4.09. The highest BCUT2D eigenvalue weighted by Gasteiger charge is 2.27. The molecule has 1 saturated carbocycles. The summed E-state index contributed by atoms with van der Waals surface area (Å²) in [5.74, 6) is -0.293. The van der Waals surface area contributed by atoms with Gasteiger partial charge in [0.2, 0.25) is 10.0 Å². The first-order valence-corrected chi connectivity index (χ1v) is 9.83. The Morgan fingerprint density at radius 2 is 1.79 bits per heavy atom. The van der Waals surface area contributed by atoms with Crippen LogP contribution in [-0.2, 0) is 10.0 Å². The zero-order valence-corrected chi connectivity index (χ0v) is 15.4. The maximum Gasteiger partial charge on any atom is 0.255 e. The Morgan fingerprint density at radius 3 is 2.38 bits per heavy atom. The molecule has 126 valence electrons. The smallest absolute Gasteiger partial charge is 0.255 e. The Balaban J connectivity index is 1.73. The molecule has 1 amide bonds. The Kier molecular flexibility index (Phi) is 4.76. The van der Waals surface area contributed by atoms with E-state index in [1.807, 2.05) is 25.1 Å². The number of hydrogen-bond acceptors (Lipinski definition) is 3. The van der Waals surface area contributed by atoms with Gasteiger partial charge in [-0.25, -0.2) is 13.1 Å². The minimum Gasteiger partial charge on any atom is -0.321 e. The number of aryl methyl sites for hydroxylation is 1. The van der Waals surface area contributed by atoms with Crippen molar-refractivity contribution < 1.29 is 13.2 Å². The fourth-order valence-electron chi connectivity index (χ4n) is 2.19. The molecule has 0 aromatic heterocycles. The molecule has 2 aromatic rings. The van der Waals surface area contributed by atoms with Gasteiger partial charge in [0.15, 0.2) is 0 Å². The summed E-state index contributed by atoms with van der Waals surface area (Å²) in [5.41, 5.74) is 2.14. The SMILES string of the molecule is Cc1ccc(NC(=O)c2ccc(S(=O)(=O)NC3CC3)cc2)c(Br)c1. The molecule has 1 aliphatic rings. The average Bonchev–Trinajstić information content (AvgIpc) is 3.33. The van der Waals surface area contributed by atoms with Gasteiger partial charge < -0.3 is 5.32 Å². The van der Waals surface area contributed by atoms with Crippen molar-refractivity contribution in [1.29, 1.82) is 0 Å². The topological polar surface area (TPSA) is 75.3 Å². The lowest BCUT2D eigenvalue weighted by Gasteiger charge is -2.09. The number of carbonyl (C=O) groups is 1. The molecule has 0 bridgehead atoms. The normalized spacial score (nSPS) is 14.4. The second-order valence-corrected chi connectivity index (χ2v) is 8.43. The van der Waals surface area contributed by atoms with Crippen LogP contribution in [0.3, 0.4) is 0 Å². The second-order valence-electron chi connectivity index (χ2n) is 5.86. The summed E-state index contributed by atoms with van der Waals surface area (Å²) in [6, 6.07) is 11.6. The van der Waals surface area contributed by atoms with Crippen molar-refractivity contribution in [2.24, 2.45) is 0 Å². The maximum atomic E-state index is 12.3. The van der Waals surface area contributed by atoms with E-state index in [9.17, 15) is 13.2 Å². The molecule has 0 heterocycles.